The van der Waals surface area contributed by atoms with Crippen LogP contribution in [0.1, 0.15) is 23.6 Å². The van der Waals surface area contributed by atoms with Gasteiger partial charge in [0.2, 0.25) is 0 Å². The van der Waals surface area contributed by atoms with Crippen molar-refractivity contribution < 1.29 is 23.0 Å². The molecule has 2 aromatic rings. The molecule has 0 radical (unpaired) electrons. The second kappa shape index (κ2) is 6.17. The summed E-state index contributed by atoms with van der Waals surface area (Å²) in [6, 6.07) is 3.52. The van der Waals surface area contributed by atoms with E-state index in [-0.39, 0.29) is 17.9 Å². The maximum atomic E-state index is 13.0. The number of rotatable bonds is 5. The summed E-state index contributed by atoms with van der Waals surface area (Å²) in [4.78, 5) is 0. The fourth-order valence-electron chi connectivity index (χ4n) is 1.84. The summed E-state index contributed by atoms with van der Waals surface area (Å²) in [5.41, 5.74) is -0.0124. The summed E-state index contributed by atoms with van der Waals surface area (Å²) in [5.74, 6) is -0.260. The second-order valence-corrected chi connectivity index (χ2v) is 4.48. The molecule has 21 heavy (non-hydrogen) atoms. The standard InChI is InChI=1S/C14H15F3N2O2/c1-2-19-7-11(6-18-19)9-21-13-4-3-10(8-20)5-12(13)14(15,16)17/h3-7,20H,2,8-9H2,1H3. The van der Waals surface area contributed by atoms with Gasteiger partial charge in [-0.3, -0.25) is 4.68 Å². The molecular formula is C14H15F3N2O2. The molecule has 1 N–H and O–H groups in total. The van der Waals surface area contributed by atoms with Gasteiger partial charge >= 0.3 is 6.18 Å². The molecule has 0 saturated heterocycles. The molecule has 0 atom stereocenters. The number of aromatic nitrogens is 2. The van der Waals surface area contributed by atoms with Gasteiger partial charge in [-0.25, -0.2) is 0 Å². The molecule has 114 valence electrons. The molecule has 7 heteroatoms. The predicted molar refractivity (Wildman–Crippen MR) is 69.6 cm³/mol. The molecule has 2 rings (SSSR count). The number of hydrogen-bond acceptors (Lipinski definition) is 3. The molecule has 0 unspecified atom stereocenters. The van der Waals surface area contributed by atoms with Gasteiger partial charge in [-0.1, -0.05) is 6.07 Å². The number of nitrogens with zero attached hydrogens (tertiary/aromatic N) is 2. The molecule has 0 bridgehead atoms. The van der Waals surface area contributed by atoms with E-state index in [1.54, 1.807) is 17.1 Å². The highest BCUT2D eigenvalue weighted by Crippen LogP contribution is 2.37. The maximum absolute atomic E-state index is 13.0. The average molecular weight is 300 g/mol. The Hall–Kier alpha value is -2.02. The molecule has 1 aromatic heterocycles. The maximum Gasteiger partial charge on any atom is 0.419 e. The van der Waals surface area contributed by atoms with Crippen molar-refractivity contribution in [2.24, 2.45) is 0 Å². The van der Waals surface area contributed by atoms with Gasteiger partial charge in [-0.05, 0) is 24.6 Å². The summed E-state index contributed by atoms with van der Waals surface area (Å²) < 4.78 is 45.8. The van der Waals surface area contributed by atoms with Gasteiger partial charge in [0.1, 0.15) is 12.4 Å². The lowest BCUT2D eigenvalue weighted by Gasteiger charge is -2.14. The Morgan fingerprint density at radius 1 is 1.29 bits per heavy atom. The van der Waals surface area contributed by atoms with Crippen LogP contribution in [0.15, 0.2) is 30.6 Å². The molecule has 0 spiro atoms. The van der Waals surface area contributed by atoms with E-state index in [2.05, 4.69) is 5.10 Å². The Labute approximate surface area is 119 Å². The topological polar surface area (TPSA) is 47.3 Å². The van der Waals surface area contributed by atoms with E-state index in [1.165, 1.54) is 12.1 Å². The summed E-state index contributed by atoms with van der Waals surface area (Å²) in [6.45, 7) is 2.14. The number of alkyl halides is 3. The SMILES string of the molecule is CCn1cc(COc2ccc(CO)cc2C(F)(F)F)cn1. The van der Waals surface area contributed by atoms with E-state index >= 15 is 0 Å². The third kappa shape index (κ3) is 3.75. The van der Waals surface area contributed by atoms with Crippen molar-refractivity contribution in [3.63, 3.8) is 0 Å². The van der Waals surface area contributed by atoms with E-state index < -0.39 is 18.3 Å². The zero-order valence-electron chi connectivity index (χ0n) is 11.4. The molecule has 1 aromatic carbocycles. The summed E-state index contributed by atoms with van der Waals surface area (Å²) in [6.07, 6.45) is -1.26. The average Bonchev–Trinajstić information content (AvgIpc) is 2.92. The fraction of sp³-hybridized carbons (Fsp3) is 0.357. The third-order valence-corrected chi connectivity index (χ3v) is 2.94. The summed E-state index contributed by atoms with van der Waals surface area (Å²) in [5, 5.41) is 13.0. The van der Waals surface area contributed by atoms with Gasteiger partial charge in [0.05, 0.1) is 18.4 Å². The van der Waals surface area contributed by atoms with E-state index in [0.717, 1.165) is 6.07 Å². The highest BCUT2D eigenvalue weighted by Gasteiger charge is 2.34. The van der Waals surface area contributed by atoms with E-state index in [9.17, 15) is 13.2 Å². The molecule has 0 aliphatic rings. The molecular weight excluding hydrogens is 285 g/mol. The molecule has 0 saturated carbocycles. The second-order valence-electron chi connectivity index (χ2n) is 4.48. The first-order valence-corrected chi connectivity index (χ1v) is 6.39. The van der Waals surface area contributed by atoms with Crippen LogP contribution in [-0.4, -0.2) is 14.9 Å². The van der Waals surface area contributed by atoms with Crippen molar-refractivity contribution >= 4 is 0 Å². The smallest absolute Gasteiger partial charge is 0.419 e. The minimum Gasteiger partial charge on any atom is -0.488 e. The molecule has 0 aliphatic heterocycles. The first-order chi connectivity index (χ1) is 9.94. The molecule has 0 amide bonds. The minimum atomic E-state index is -4.53. The first kappa shape index (κ1) is 15.4. The van der Waals surface area contributed by atoms with Crippen LogP contribution in [0.5, 0.6) is 5.75 Å². The molecule has 0 fully saturated rings. The van der Waals surface area contributed by atoms with Crippen molar-refractivity contribution in [2.45, 2.75) is 32.9 Å². The van der Waals surface area contributed by atoms with Crippen molar-refractivity contribution in [3.05, 3.63) is 47.3 Å². The first-order valence-electron chi connectivity index (χ1n) is 6.39. The minimum absolute atomic E-state index is 0.00154. The highest BCUT2D eigenvalue weighted by atomic mass is 19.4. The Morgan fingerprint density at radius 3 is 2.62 bits per heavy atom. The number of ether oxygens (including phenoxy) is 1. The molecule has 1 heterocycles. The van der Waals surface area contributed by atoms with Gasteiger partial charge in [0, 0.05) is 18.3 Å². The zero-order valence-corrected chi connectivity index (χ0v) is 11.4. The zero-order chi connectivity index (χ0) is 15.5. The number of aliphatic hydroxyl groups excluding tert-OH is 1. The van der Waals surface area contributed by atoms with Crippen LogP contribution in [0.2, 0.25) is 0 Å². The van der Waals surface area contributed by atoms with Crippen molar-refractivity contribution in [1.29, 1.82) is 0 Å². The van der Waals surface area contributed by atoms with Crippen LogP contribution < -0.4 is 4.74 Å². The Balaban J connectivity index is 2.19. The monoisotopic (exact) mass is 300 g/mol. The Kier molecular flexibility index (Phi) is 4.52. The summed E-state index contributed by atoms with van der Waals surface area (Å²) in [7, 11) is 0. The fourth-order valence-corrected chi connectivity index (χ4v) is 1.84. The third-order valence-electron chi connectivity index (χ3n) is 2.94. The molecule has 0 aliphatic carbocycles. The number of halogens is 3. The van der Waals surface area contributed by atoms with Gasteiger partial charge in [0.15, 0.2) is 0 Å². The molecule has 4 nitrogen and oxygen atoms in total. The number of aryl methyl sites for hydroxylation is 1. The quantitative estimate of drug-likeness (QED) is 0.923. The lowest BCUT2D eigenvalue weighted by Crippen LogP contribution is -2.09. The van der Waals surface area contributed by atoms with Crippen LogP contribution in [-0.2, 0) is 25.9 Å². The number of hydrogen-bond donors (Lipinski definition) is 1. The van der Waals surface area contributed by atoms with E-state index in [0.29, 0.717) is 12.1 Å². The van der Waals surface area contributed by atoms with Crippen molar-refractivity contribution in [3.8, 4) is 5.75 Å². The van der Waals surface area contributed by atoms with Gasteiger partial charge < -0.3 is 9.84 Å². The Morgan fingerprint density at radius 2 is 2.05 bits per heavy atom. The van der Waals surface area contributed by atoms with Gasteiger partial charge in [0.25, 0.3) is 0 Å². The largest absolute Gasteiger partial charge is 0.488 e. The van der Waals surface area contributed by atoms with Gasteiger partial charge in [-0.15, -0.1) is 0 Å². The lowest BCUT2D eigenvalue weighted by atomic mass is 10.1. The lowest BCUT2D eigenvalue weighted by molar-refractivity contribution is -0.139. The Bertz CT molecular complexity index is 609. The van der Waals surface area contributed by atoms with Crippen LogP contribution in [0.25, 0.3) is 0 Å². The van der Waals surface area contributed by atoms with Gasteiger partial charge in [-0.2, -0.15) is 18.3 Å². The van der Waals surface area contributed by atoms with Crippen LogP contribution >= 0.6 is 0 Å². The normalized spacial score (nSPS) is 11.7. The number of benzene rings is 1. The van der Waals surface area contributed by atoms with Crippen LogP contribution in [0.4, 0.5) is 13.2 Å². The van der Waals surface area contributed by atoms with Crippen molar-refractivity contribution in [1.82, 2.24) is 9.78 Å². The predicted octanol–water partition coefficient (Wildman–Crippen LogP) is 2.99. The van der Waals surface area contributed by atoms with E-state index in [4.69, 9.17) is 9.84 Å². The van der Waals surface area contributed by atoms with E-state index in [1.807, 2.05) is 6.92 Å². The number of aliphatic hydroxyl groups is 1. The highest BCUT2D eigenvalue weighted by molar-refractivity contribution is 5.39. The van der Waals surface area contributed by atoms with Crippen molar-refractivity contribution in [2.75, 3.05) is 0 Å². The summed E-state index contributed by atoms with van der Waals surface area (Å²) >= 11 is 0. The van der Waals surface area contributed by atoms with Crippen LogP contribution in [0.3, 0.4) is 0 Å². The van der Waals surface area contributed by atoms with Crippen LogP contribution in [0, 0.1) is 0 Å².